The molecule has 0 spiro atoms. The van der Waals surface area contributed by atoms with Crippen LogP contribution < -0.4 is 0 Å². The highest BCUT2D eigenvalue weighted by Gasteiger charge is 2.15. The van der Waals surface area contributed by atoms with Gasteiger partial charge in [-0.1, -0.05) is 6.07 Å². The standard InChI is InChI=1S/C12H4Br6/c13-6-2-1-5(3-7(6)14)10-11(17)8(15)4-9(16)12(10)18/h1-4H. The molecule has 0 saturated heterocycles. The van der Waals surface area contributed by atoms with E-state index in [2.05, 4.69) is 108 Å². The van der Waals surface area contributed by atoms with Gasteiger partial charge in [-0.15, -0.1) is 0 Å². The average molecular weight is 628 g/mol. The smallest absolute Gasteiger partial charge is 0.0408 e. The number of rotatable bonds is 1. The molecule has 94 valence electrons. The normalized spacial score (nSPS) is 10.8. The summed E-state index contributed by atoms with van der Waals surface area (Å²) in [6.45, 7) is 0. The van der Waals surface area contributed by atoms with Crippen molar-refractivity contribution in [2.24, 2.45) is 0 Å². The average Bonchev–Trinajstić information content (AvgIpc) is 2.31. The summed E-state index contributed by atoms with van der Waals surface area (Å²) >= 11 is 21.3. The zero-order valence-corrected chi connectivity index (χ0v) is 18.1. The van der Waals surface area contributed by atoms with Crippen LogP contribution in [-0.2, 0) is 0 Å². The van der Waals surface area contributed by atoms with E-state index in [0.29, 0.717) is 0 Å². The minimum absolute atomic E-state index is 1.01. The Kier molecular flexibility index (Phi) is 5.58. The lowest BCUT2D eigenvalue weighted by molar-refractivity contribution is 1.47. The first-order chi connectivity index (χ1) is 8.41. The Morgan fingerprint density at radius 2 is 1.11 bits per heavy atom. The predicted molar refractivity (Wildman–Crippen MR) is 98.1 cm³/mol. The van der Waals surface area contributed by atoms with Crippen LogP contribution in [-0.4, -0.2) is 0 Å². The van der Waals surface area contributed by atoms with Gasteiger partial charge in [-0.05, 0) is 119 Å². The molecule has 0 amide bonds. The molecular weight excluding hydrogens is 624 g/mol. The van der Waals surface area contributed by atoms with Crippen LogP contribution in [0.15, 0.2) is 51.1 Å². The fourth-order valence-corrected chi connectivity index (χ4v) is 4.61. The fourth-order valence-electron chi connectivity index (χ4n) is 1.48. The zero-order chi connectivity index (χ0) is 13.4. The van der Waals surface area contributed by atoms with Crippen molar-refractivity contribution in [2.45, 2.75) is 0 Å². The van der Waals surface area contributed by atoms with Crippen molar-refractivity contribution in [2.75, 3.05) is 0 Å². The van der Waals surface area contributed by atoms with Crippen molar-refractivity contribution < 1.29 is 0 Å². The van der Waals surface area contributed by atoms with Crippen molar-refractivity contribution >= 4 is 95.6 Å². The molecule has 0 aromatic heterocycles. The molecular formula is C12H4Br6. The molecule has 0 fully saturated rings. The Morgan fingerprint density at radius 1 is 0.556 bits per heavy atom. The summed E-state index contributed by atoms with van der Waals surface area (Å²) in [4.78, 5) is 0. The van der Waals surface area contributed by atoms with E-state index in [1.54, 1.807) is 0 Å². The quantitative estimate of drug-likeness (QED) is 0.282. The SMILES string of the molecule is Brc1ccc(-c2c(Br)c(Br)cc(Br)c2Br)cc1Br. The van der Waals surface area contributed by atoms with Crippen LogP contribution in [0.3, 0.4) is 0 Å². The van der Waals surface area contributed by atoms with Gasteiger partial charge in [-0.25, -0.2) is 0 Å². The molecule has 0 bridgehead atoms. The maximum Gasteiger partial charge on any atom is 0.0408 e. The van der Waals surface area contributed by atoms with Gasteiger partial charge in [0.1, 0.15) is 0 Å². The van der Waals surface area contributed by atoms with Crippen molar-refractivity contribution in [1.29, 1.82) is 0 Å². The molecule has 2 rings (SSSR count). The summed E-state index contributed by atoms with van der Waals surface area (Å²) in [7, 11) is 0. The van der Waals surface area contributed by atoms with Gasteiger partial charge >= 0.3 is 0 Å². The van der Waals surface area contributed by atoms with Crippen LogP contribution in [0.1, 0.15) is 0 Å². The molecule has 0 atom stereocenters. The molecule has 0 saturated carbocycles. The van der Waals surface area contributed by atoms with Crippen LogP contribution in [0, 0.1) is 0 Å². The Labute approximate surface area is 156 Å². The Morgan fingerprint density at radius 3 is 1.61 bits per heavy atom. The Hall–Kier alpha value is 1.32. The molecule has 0 aliphatic heterocycles. The molecule has 2 aromatic rings. The van der Waals surface area contributed by atoms with Crippen LogP contribution in [0.2, 0.25) is 0 Å². The lowest BCUT2D eigenvalue weighted by atomic mass is 10.1. The van der Waals surface area contributed by atoms with Gasteiger partial charge in [0.05, 0.1) is 0 Å². The number of benzene rings is 2. The third kappa shape index (κ3) is 3.14. The van der Waals surface area contributed by atoms with Gasteiger partial charge in [0.2, 0.25) is 0 Å². The van der Waals surface area contributed by atoms with Crippen molar-refractivity contribution in [3.05, 3.63) is 51.1 Å². The molecule has 0 nitrogen and oxygen atoms in total. The zero-order valence-electron chi connectivity index (χ0n) is 8.58. The molecule has 0 aliphatic carbocycles. The monoisotopic (exact) mass is 622 g/mol. The van der Waals surface area contributed by atoms with Crippen LogP contribution in [0.25, 0.3) is 11.1 Å². The summed E-state index contributed by atoms with van der Waals surface area (Å²) in [5, 5.41) is 0. The minimum atomic E-state index is 1.01. The summed E-state index contributed by atoms with van der Waals surface area (Å²) in [6, 6.07) is 8.17. The minimum Gasteiger partial charge on any atom is -0.0531 e. The highest BCUT2D eigenvalue weighted by atomic mass is 79.9. The fraction of sp³-hybridized carbons (Fsp3) is 0. The summed E-state index contributed by atoms with van der Waals surface area (Å²) < 4.78 is 6.11. The van der Waals surface area contributed by atoms with E-state index in [0.717, 1.165) is 38.0 Å². The van der Waals surface area contributed by atoms with Gasteiger partial charge in [0.15, 0.2) is 0 Å². The Balaban J connectivity index is 2.74. The van der Waals surface area contributed by atoms with E-state index in [1.165, 1.54) is 0 Å². The third-order valence-electron chi connectivity index (χ3n) is 2.32. The maximum atomic E-state index is 3.62. The second-order valence-corrected chi connectivity index (χ2v) is 8.48. The molecule has 0 N–H and O–H groups in total. The second kappa shape index (κ2) is 6.39. The first-order valence-electron chi connectivity index (χ1n) is 4.70. The van der Waals surface area contributed by atoms with Crippen LogP contribution in [0.4, 0.5) is 0 Å². The topological polar surface area (TPSA) is 0 Å². The highest BCUT2D eigenvalue weighted by molar-refractivity contribution is 9.14. The molecule has 0 aliphatic rings. The lowest BCUT2D eigenvalue weighted by Gasteiger charge is -2.12. The van der Waals surface area contributed by atoms with E-state index in [9.17, 15) is 0 Å². The lowest BCUT2D eigenvalue weighted by Crippen LogP contribution is -1.86. The molecule has 6 heteroatoms. The number of halogens is 6. The maximum absolute atomic E-state index is 3.62. The van der Waals surface area contributed by atoms with Gasteiger partial charge < -0.3 is 0 Å². The van der Waals surface area contributed by atoms with Crippen molar-refractivity contribution in [3.8, 4) is 11.1 Å². The summed E-state index contributed by atoms with van der Waals surface area (Å²) in [5.74, 6) is 0. The van der Waals surface area contributed by atoms with Crippen molar-refractivity contribution in [1.82, 2.24) is 0 Å². The van der Waals surface area contributed by atoms with E-state index in [-0.39, 0.29) is 0 Å². The van der Waals surface area contributed by atoms with Crippen LogP contribution in [0.5, 0.6) is 0 Å². The van der Waals surface area contributed by atoms with Gasteiger partial charge in [-0.2, -0.15) is 0 Å². The van der Waals surface area contributed by atoms with E-state index in [4.69, 9.17) is 0 Å². The molecule has 2 aromatic carbocycles. The first-order valence-corrected chi connectivity index (χ1v) is 9.46. The van der Waals surface area contributed by atoms with Gasteiger partial charge in [-0.3, -0.25) is 0 Å². The molecule has 0 heterocycles. The van der Waals surface area contributed by atoms with E-state index in [1.807, 2.05) is 12.1 Å². The second-order valence-electron chi connectivity index (χ2n) is 3.47. The molecule has 0 radical (unpaired) electrons. The first kappa shape index (κ1) is 15.7. The molecule has 18 heavy (non-hydrogen) atoms. The largest absolute Gasteiger partial charge is 0.0531 e. The molecule has 0 unspecified atom stereocenters. The van der Waals surface area contributed by atoms with Crippen molar-refractivity contribution in [3.63, 3.8) is 0 Å². The van der Waals surface area contributed by atoms with E-state index >= 15 is 0 Å². The van der Waals surface area contributed by atoms with E-state index < -0.39 is 0 Å². The third-order valence-corrected chi connectivity index (χ3v) is 8.16. The van der Waals surface area contributed by atoms with Crippen LogP contribution >= 0.6 is 95.6 Å². The van der Waals surface area contributed by atoms with Gasteiger partial charge in [0.25, 0.3) is 0 Å². The van der Waals surface area contributed by atoms with Gasteiger partial charge in [0, 0.05) is 32.4 Å². The number of hydrogen-bond donors (Lipinski definition) is 0. The summed E-state index contributed by atoms with van der Waals surface area (Å²) in [5.41, 5.74) is 2.22. The number of hydrogen-bond acceptors (Lipinski definition) is 0. The summed E-state index contributed by atoms with van der Waals surface area (Å²) in [6.07, 6.45) is 0. The highest BCUT2D eigenvalue weighted by Crippen LogP contribution is 2.44. The Bertz CT molecular complexity index is 594. The predicted octanol–water partition coefficient (Wildman–Crippen LogP) is 7.93.